The summed E-state index contributed by atoms with van der Waals surface area (Å²) in [7, 11) is -1.45. The molecule has 2 fully saturated rings. The fraction of sp³-hybridized carbons (Fsp3) is 0.519. The number of carbonyl (C=O) groups is 1. The second-order valence-corrected chi connectivity index (χ2v) is 12.7. The smallest absolute Gasteiger partial charge is 0.410 e. The van der Waals surface area contributed by atoms with E-state index >= 15 is 0 Å². The first kappa shape index (κ1) is 26.7. The van der Waals surface area contributed by atoms with Crippen molar-refractivity contribution in [2.24, 2.45) is 5.92 Å². The van der Waals surface area contributed by atoms with E-state index in [0.717, 1.165) is 24.5 Å². The molecule has 2 bridgehead atoms. The maximum atomic E-state index is 14.5. The molecule has 0 spiro atoms. The van der Waals surface area contributed by atoms with Crippen LogP contribution in [0.15, 0.2) is 42.5 Å². The molecule has 2 aliphatic rings. The number of ether oxygens (including phenoxy) is 1. The molecule has 5 nitrogen and oxygen atoms in total. The molecule has 4 atom stereocenters. The molecule has 1 amide bonds. The third-order valence-corrected chi connectivity index (χ3v) is 8.73. The highest BCUT2D eigenvalue weighted by molar-refractivity contribution is 7.84. The van der Waals surface area contributed by atoms with Crippen molar-refractivity contribution >= 4 is 17.1 Å². The number of nitrogens with zero attached hydrogens (tertiary/aromatic N) is 1. The van der Waals surface area contributed by atoms with Crippen LogP contribution in [0.2, 0.25) is 0 Å². The summed E-state index contributed by atoms with van der Waals surface area (Å²) in [6, 6.07) is 10.4. The minimum Gasteiger partial charge on any atom is -0.445 e. The lowest BCUT2D eigenvalue weighted by Crippen LogP contribution is -2.52. The summed E-state index contributed by atoms with van der Waals surface area (Å²) in [5, 5.41) is 0. The predicted molar refractivity (Wildman–Crippen MR) is 133 cm³/mol. The summed E-state index contributed by atoms with van der Waals surface area (Å²) in [5.74, 6) is -3.20. The number of carbonyl (C=O) groups excluding carboxylic acids is 1. The van der Waals surface area contributed by atoms with E-state index in [1.54, 1.807) is 0 Å². The van der Waals surface area contributed by atoms with Crippen molar-refractivity contribution in [2.75, 3.05) is 0 Å². The second-order valence-electron chi connectivity index (χ2n) is 10.7. The molecule has 9 heteroatoms. The van der Waals surface area contributed by atoms with Crippen LogP contribution in [0, 0.1) is 23.4 Å². The standard InChI is InChI=1S/C27H33F3N2O3S/c1-27(2,3)36(34)31-25(14-18-13-23(29)24(30)15-22(18)28)19-11-20-9-10-21(12-19)32(20)26(33)35-16-17-7-5-4-6-8-17/h4-8,13,15,19-21,25,31H,9-12,14,16H2,1-3H3/t19?,20?,21?,25-,36?/m1/s1. The van der Waals surface area contributed by atoms with Gasteiger partial charge in [0.2, 0.25) is 0 Å². The zero-order chi connectivity index (χ0) is 26.0. The van der Waals surface area contributed by atoms with Gasteiger partial charge in [-0.05, 0) is 76.0 Å². The molecular formula is C27H33F3N2O3S. The molecule has 1 N–H and O–H groups in total. The van der Waals surface area contributed by atoms with Crippen molar-refractivity contribution in [1.29, 1.82) is 0 Å². The highest BCUT2D eigenvalue weighted by atomic mass is 32.2. The lowest BCUT2D eigenvalue weighted by molar-refractivity contribution is 0.0484. The van der Waals surface area contributed by atoms with Crippen molar-refractivity contribution < 1.29 is 26.9 Å². The van der Waals surface area contributed by atoms with Crippen molar-refractivity contribution in [3.63, 3.8) is 0 Å². The Balaban J connectivity index is 1.49. The van der Waals surface area contributed by atoms with E-state index < -0.39 is 39.2 Å². The van der Waals surface area contributed by atoms with Gasteiger partial charge in [0.05, 0.1) is 15.7 Å². The first-order chi connectivity index (χ1) is 17.0. The Morgan fingerprint density at radius 1 is 1.06 bits per heavy atom. The summed E-state index contributed by atoms with van der Waals surface area (Å²) in [5.41, 5.74) is 0.949. The molecule has 2 aliphatic heterocycles. The number of hydrogen-bond donors (Lipinski definition) is 1. The average Bonchev–Trinajstić information content (AvgIpc) is 3.09. The molecule has 0 radical (unpaired) electrons. The van der Waals surface area contributed by atoms with Crippen LogP contribution in [0.5, 0.6) is 0 Å². The van der Waals surface area contributed by atoms with Crippen LogP contribution in [0.3, 0.4) is 0 Å². The van der Waals surface area contributed by atoms with E-state index in [1.165, 1.54) is 0 Å². The third-order valence-electron chi connectivity index (χ3n) is 7.10. The molecule has 4 rings (SSSR count). The minimum atomic E-state index is -1.45. The summed E-state index contributed by atoms with van der Waals surface area (Å²) >= 11 is 0. The Kier molecular flexibility index (Phi) is 8.09. The van der Waals surface area contributed by atoms with Gasteiger partial charge < -0.3 is 9.64 Å². The van der Waals surface area contributed by atoms with Crippen LogP contribution in [0.4, 0.5) is 18.0 Å². The van der Waals surface area contributed by atoms with Gasteiger partial charge in [0, 0.05) is 24.2 Å². The van der Waals surface area contributed by atoms with Crippen molar-refractivity contribution in [1.82, 2.24) is 9.62 Å². The Bertz CT molecular complexity index is 1100. The molecule has 3 unspecified atom stereocenters. The van der Waals surface area contributed by atoms with E-state index in [1.807, 2.05) is 56.0 Å². The Morgan fingerprint density at radius 2 is 1.67 bits per heavy atom. The van der Waals surface area contributed by atoms with Crippen molar-refractivity contribution in [3.05, 3.63) is 71.0 Å². The maximum Gasteiger partial charge on any atom is 0.410 e. The van der Waals surface area contributed by atoms with E-state index in [-0.39, 0.29) is 42.7 Å². The number of amides is 1. The lowest BCUT2D eigenvalue weighted by Gasteiger charge is -2.41. The monoisotopic (exact) mass is 522 g/mol. The summed E-state index contributed by atoms with van der Waals surface area (Å²) in [4.78, 5) is 14.8. The minimum absolute atomic E-state index is 0.0283. The van der Waals surface area contributed by atoms with Gasteiger partial charge in [-0.2, -0.15) is 0 Å². The first-order valence-corrected chi connectivity index (χ1v) is 13.5. The number of hydrogen-bond acceptors (Lipinski definition) is 3. The number of nitrogens with one attached hydrogen (secondary N) is 1. The molecule has 196 valence electrons. The fourth-order valence-corrected chi connectivity index (χ4v) is 6.12. The topological polar surface area (TPSA) is 58.6 Å². The maximum absolute atomic E-state index is 14.5. The summed E-state index contributed by atoms with van der Waals surface area (Å²) in [6.45, 7) is 5.70. The zero-order valence-corrected chi connectivity index (χ0v) is 21.6. The Labute approximate surface area is 213 Å². The first-order valence-electron chi connectivity index (χ1n) is 12.3. The van der Waals surface area contributed by atoms with E-state index in [4.69, 9.17) is 4.74 Å². The van der Waals surface area contributed by atoms with Gasteiger partial charge in [-0.1, -0.05) is 30.3 Å². The van der Waals surface area contributed by atoms with Crippen molar-refractivity contribution in [3.8, 4) is 0 Å². The molecule has 0 aromatic heterocycles. The molecule has 2 aromatic rings. The van der Waals surface area contributed by atoms with E-state index in [9.17, 15) is 22.2 Å². The SMILES string of the molecule is CC(C)(C)S(=O)N[C@H](Cc1cc(F)c(F)cc1F)C1CC2CCC(C1)N2C(=O)OCc1ccccc1. The van der Waals surface area contributed by atoms with E-state index in [0.29, 0.717) is 18.9 Å². The third kappa shape index (κ3) is 6.11. The predicted octanol–water partition coefficient (Wildman–Crippen LogP) is 5.65. The quantitative estimate of drug-likeness (QED) is 0.479. The molecule has 0 aliphatic carbocycles. The summed E-state index contributed by atoms with van der Waals surface area (Å²) in [6.07, 6.45) is 2.63. The summed E-state index contributed by atoms with van der Waals surface area (Å²) < 4.78 is 63.0. The van der Waals surface area contributed by atoms with E-state index in [2.05, 4.69) is 4.72 Å². The lowest BCUT2D eigenvalue weighted by atomic mass is 9.83. The largest absolute Gasteiger partial charge is 0.445 e. The number of benzene rings is 2. The Morgan fingerprint density at radius 3 is 2.28 bits per heavy atom. The highest BCUT2D eigenvalue weighted by Crippen LogP contribution is 2.41. The number of piperidine rings is 1. The number of fused-ring (bicyclic) bond motifs is 2. The van der Waals surface area contributed by atoms with Gasteiger partial charge in [-0.3, -0.25) is 0 Å². The zero-order valence-electron chi connectivity index (χ0n) is 20.8. The van der Waals surface area contributed by atoms with Gasteiger partial charge in [0.15, 0.2) is 11.6 Å². The van der Waals surface area contributed by atoms with Crippen molar-refractivity contribution in [2.45, 2.75) is 82.4 Å². The fourth-order valence-electron chi connectivity index (χ4n) is 5.22. The second kappa shape index (κ2) is 10.9. The van der Waals surface area contributed by atoms with Gasteiger partial charge in [-0.15, -0.1) is 0 Å². The van der Waals surface area contributed by atoms with Gasteiger partial charge in [0.25, 0.3) is 0 Å². The Hall–Kier alpha value is -2.39. The van der Waals surface area contributed by atoms with Gasteiger partial charge in [-0.25, -0.2) is 26.9 Å². The molecule has 0 saturated carbocycles. The normalized spacial score (nSPS) is 23.4. The van der Waals surface area contributed by atoms with Crippen LogP contribution in [0.1, 0.15) is 57.6 Å². The molecule has 2 heterocycles. The molecule has 36 heavy (non-hydrogen) atoms. The van der Waals surface area contributed by atoms with Gasteiger partial charge >= 0.3 is 6.09 Å². The molecule has 2 saturated heterocycles. The van der Waals surface area contributed by atoms with Crippen LogP contribution < -0.4 is 4.72 Å². The number of rotatable bonds is 7. The van der Waals surface area contributed by atoms with Crippen LogP contribution >= 0.6 is 0 Å². The number of halogens is 3. The molecular weight excluding hydrogens is 489 g/mol. The van der Waals surface area contributed by atoms with Crippen LogP contribution in [0.25, 0.3) is 0 Å². The highest BCUT2D eigenvalue weighted by Gasteiger charge is 2.46. The average molecular weight is 523 g/mol. The van der Waals surface area contributed by atoms with Crippen LogP contribution in [-0.4, -0.2) is 38.1 Å². The van der Waals surface area contributed by atoms with Gasteiger partial charge in [0.1, 0.15) is 12.4 Å². The van der Waals surface area contributed by atoms with Crippen LogP contribution in [-0.2, 0) is 28.8 Å². The molecule has 2 aromatic carbocycles.